The number of halogens is 1. The third-order valence-electron chi connectivity index (χ3n) is 6.56. The Balaban J connectivity index is 3.57. The lowest BCUT2D eigenvalue weighted by Gasteiger charge is -2.48. The van der Waals surface area contributed by atoms with Crippen molar-refractivity contribution in [2.24, 2.45) is 5.92 Å². The second-order valence-corrected chi connectivity index (χ2v) is 9.97. The average molecular weight is 527 g/mol. The minimum atomic E-state index is -1.75. The van der Waals surface area contributed by atoms with Crippen molar-refractivity contribution in [3.8, 4) is 0 Å². The van der Waals surface area contributed by atoms with Crippen LogP contribution in [0.5, 0.6) is 0 Å². The van der Waals surface area contributed by atoms with E-state index in [1.807, 2.05) is 0 Å². The Kier molecular flexibility index (Phi) is 11.6. The van der Waals surface area contributed by atoms with Crippen LogP contribution in [0.1, 0.15) is 61.3 Å². The molecule has 1 rings (SSSR count). The Bertz CT molecular complexity index is 932. The van der Waals surface area contributed by atoms with Crippen LogP contribution in [0, 0.1) is 5.92 Å². The van der Waals surface area contributed by atoms with E-state index in [9.17, 15) is 24.6 Å². The van der Waals surface area contributed by atoms with E-state index in [2.05, 4.69) is 13.2 Å². The zero-order valence-electron chi connectivity index (χ0n) is 22.2. The molecule has 0 spiro atoms. The van der Waals surface area contributed by atoms with Gasteiger partial charge in [-0.3, -0.25) is 4.79 Å². The Morgan fingerprint density at radius 1 is 1.06 bits per heavy atom. The van der Waals surface area contributed by atoms with E-state index in [0.29, 0.717) is 22.3 Å². The number of carbonyl (C=O) groups is 3. The number of carbonyl (C=O) groups excluding carboxylic acids is 3. The fraction of sp³-hybridized carbons (Fsp3) is 0.593. The van der Waals surface area contributed by atoms with Gasteiger partial charge in [0.2, 0.25) is 0 Å². The van der Waals surface area contributed by atoms with E-state index in [0.717, 1.165) is 0 Å². The molecule has 0 aromatic heterocycles. The van der Waals surface area contributed by atoms with E-state index in [-0.39, 0.29) is 12.8 Å². The summed E-state index contributed by atoms with van der Waals surface area (Å²) in [6.45, 7) is 18.6. The highest BCUT2D eigenvalue weighted by atomic mass is 35.5. The summed E-state index contributed by atoms with van der Waals surface area (Å²) in [6, 6.07) is 0. The fourth-order valence-corrected chi connectivity index (χ4v) is 4.10. The molecule has 0 saturated heterocycles. The van der Waals surface area contributed by atoms with Crippen LogP contribution in [0.3, 0.4) is 0 Å². The van der Waals surface area contributed by atoms with Crippen LogP contribution in [-0.2, 0) is 28.6 Å². The molecule has 0 amide bonds. The summed E-state index contributed by atoms with van der Waals surface area (Å²) in [6.07, 6.45) is -1.39. The Morgan fingerprint density at radius 3 is 2.06 bits per heavy atom. The van der Waals surface area contributed by atoms with Crippen molar-refractivity contribution in [3.05, 3.63) is 47.6 Å². The van der Waals surface area contributed by atoms with Crippen molar-refractivity contribution >= 4 is 29.5 Å². The number of esters is 3. The van der Waals surface area contributed by atoms with Gasteiger partial charge >= 0.3 is 17.9 Å². The molecule has 0 heterocycles. The van der Waals surface area contributed by atoms with Crippen LogP contribution in [0.2, 0.25) is 0 Å². The van der Waals surface area contributed by atoms with Gasteiger partial charge in [-0.25, -0.2) is 9.59 Å². The minimum Gasteiger partial charge on any atom is -0.455 e. The van der Waals surface area contributed by atoms with Crippen LogP contribution in [0.15, 0.2) is 47.6 Å². The van der Waals surface area contributed by atoms with E-state index < -0.39 is 59.2 Å². The molecule has 0 radical (unpaired) electrons. The largest absolute Gasteiger partial charge is 0.455 e. The van der Waals surface area contributed by atoms with Gasteiger partial charge in [0.25, 0.3) is 0 Å². The number of ether oxygens (including phenoxy) is 3. The summed E-state index contributed by atoms with van der Waals surface area (Å²) < 4.78 is 16.9. The summed E-state index contributed by atoms with van der Waals surface area (Å²) >= 11 is 6.54. The summed E-state index contributed by atoms with van der Waals surface area (Å²) in [5, 5.41) is 20.7. The smallest absolute Gasteiger partial charge is 0.333 e. The molecule has 0 aromatic carbocycles. The van der Waals surface area contributed by atoms with E-state index in [1.54, 1.807) is 46.8 Å². The molecule has 1 saturated carbocycles. The summed E-state index contributed by atoms with van der Waals surface area (Å²) in [4.78, 5) is 37.3. The first-order valence-corrected chi connectivity index (χ1v) is 12.3. The van der Waals surface area contributed by atoms with Crippen molar-refractivity contribution in [1.82, 2.24) is 0 Å². The lowest BCUT2D eigenvalue weighted by Crippen LogP contribution is -2.63. The van der Waals surface area contributed by atoms with E-state index >= 15 is 0 Å². The van der Waals surface area contributed by atoms with Crippen LogP contribution >= 0.6 is 11.6 Å². The average Bonchev–Trinajstić information content (AvgIpc) is 2.80. The zero-order chi connectivity index (χ0) is 28.0. The lowest BCUT2D eigenvalue weighted by molar-refractivity contribution is -0.202. The third-order valence-corrected chi connectivity index (χ3v) is 7.18. The van der Waals surface area contributed by atoms with Crippen molar-refractivity contribution in [2.75, 3.05) is 0 Å². The zero-order valence-corrected chi connectivity index (χ0v) is 22.9. The van der Waals surface area contributed by atoms with Gasteiger partial charge in [-0.15, -0.1) is 11.6 Å². The second kappa shape index (κ2) is 13.2. The maximum atomic E-state index is 12.8. The standard InChI is InChI=1S/C27H39ClO8/c1-10-15(5)25(31)35-21(13-20(30)14(3)4)17(7)19-12-22(28)27(9,33)24(34-18(8)29)23(19)36-26(32)16(6)11-2/h10-11,19-24,30,33H,3,7,12-13H2,1-2,4-6,8-9H3/b15-10-,16-11-/t19-,20-,21+,22+,23+,24+,27-/m0/s1. The molecule has 2 N–H and O–H groups in total. The number of allylic oxidation sites excluding steroid dienone is 2. The van der Waals surface area contributed by atoms with Gasteiger partial charge in [-0.05, 0) is 53.5 Å². The molecule has 0 unspecified atom stereocenters. The third kappa shape index (κ3) is 7.79. The summed E-state index contributed by atoms with van der Waals surface area (Å²) in [5.41, 5.74) is -0.342. The van der Waals surface area contributed by atoms with Gasteiger partial charge in [0.15, 0.2) is 6.10 Å². The van der Waals surface area contributed by atoms with Crippen LogP contribution < -0.4 is 0 Å². The molecule has 202 valence electrons. The Hall–Kier alpha value is -2.42. The van der Waals surface area contributed by atoms with Gasteiger partial charge in [0.05, 0.1) is 11.5 Å². The first kappa shape index (κ1) is 31.6. The van der Waals surface area contributed by atoms with Crippen LogP contribution in [-0.4, -0.2) is 63.5 Å². The monoisotopic (exact) mass is 526 g/mol. The lowest BCUT2D eigenvalue weighted by atomic mass is 9.71. The molecule has 0 aliphatic heterocycles. The minimum absolute atomic E-state index is 0.0520. The molecule has 7 atom stereocenters. The SMILES string of the molecule is C=C(C)[C@@H](O)C[C@@H](OC(=O)/C(C)=C\C)C(=C)[C@@H]1C[C@@H](Cl)[C@](C)(O)[C@H](OC(C)=O)[C@@H]1OC(=O)/C(C)=C\C. The number of rotatable bonds is 10. The molecular weight excluding hydrogens is 488 g/mol. The first-order chi connectivity index (χ1) is 16.6. The number of alkyl halides is 1. The molecule has 9 heteroatoms. The Morgan fingerprint density at radius 2 is 1.58 bits per heavy atom. The maximum absolute atomic E-state index is 12.8. The molecule has 1 fully saturated rings. The Labute approximate surface area is 218 Å². The predicted octanol–water partition coefficient (Wildman–Crippen LogP) is 3.94. The molecule has 36 heavy (non-hydrogen) atoms. The van der Waals surface area contributed by atoms with Crippen molar-refractivity contribution < 1.29 is 38.8 Å². The van der Waals surface area contributed by atoms with Gasteiger partial charge < -0.3 is 24.4 Å². The van der Waals surface area contributed by atoms with Gasteiger partial charge in [0, 0.05) is 30.4 Å². The molecule has 1 aliphatic carbocycles. The predicted molar refractivity (Wildman–Crippen MR) is 137 cm³/mol. The maximum Gasteiger partial charge on any atom is 0.333 e. The number of hydrogen-bond acceptors (Lipinski definition) is 8. The highest BCUT2D eigenvalue weighted by Crippen LogP contribution is 2.44. The molecular formula is C27H39ClO8. The topological polar surface area (TPSA) is 119 Å². The summed E-state index contributed by atoms with van der Waals surface area (Å²) in [7, 11) is 0. The van der Waals surface area contributed by atoms with Crippen molar-refractivity contribution in [3.63, 3.8) is 0 Å². The molecule has 0 bridgehead atoms. The van der Waals surface area contributed by atoms with E-state index in [1.165, 1.54) is 13.8 Å². The normalized spacial score (nSPS) is 28.5. The van der Waals surface area contributed by atoms with Crippen molar-refractivity contribution in [1.29, 1.82) is 0 Å². The van der Waals surface area contributed by atoms with Crippen molar-refractivity contribution in [2.45, 2.75) is 96.7 Å². The molecule has 1 aliphatic rings. The summed E-state index contributed by atoms with van der Waals surface area (Å²) in [5.74, 6) is -2.78. The second-order valence-electron chi connectivity index (χ2n) is 9.45. The molecule has 0 aromatic rings. The highest BCUT2D eigenvalue weighted by molar-refractivity contribution is 6.21. The number of aliphatic hydroxyl groups excluding tert-OH is 1. The van der Waals surface area contributed by atoms with Gasteiger partial charge in [0.1, 0.15) is 17.8 Å². The van der Waals surface area contributed by atoms with Crippen LogP contribution in [0.4, 0.5) is 0 Å². The number of aliphatic hydroxyl groups is 2. The number of hydrogen-bond donors (Lipinski definition) is 2. The quantitative estimate of drug-likeness (QED) is 0.144. The van der Waals surface area contributed by atoms with Crippen LogP contribution in [0.25, 0.3) is 0 Å². The fourth-order valence-electron chi connectivity index (χ4n) is 3.78. The first-order valence-electron chi connectivity index (χ1n) is 11.8. The highest BCUT2D eigenvalue weighted by Gasteiger charge is 2.56. The molecule has 8 nitrogen and oxygen atoms in total. The van der Waals surface area contributed by atoms with Gasteiger partial charge in [-0.1, -0.05) is 30.9 Å². The van der Waals surface area contributed by atoms with E-state index in [4.69, 9.17) is 25.8 Å². The van der Waals surface area contributed by atoms with Gasteiger partial charge in [-0.2, -0.15) is 0 Å².